The Labute approximate surface area is 180 Å². The number of methoxy groups -OCH3 is 1. The minimum absolute atomic E-state index is 0. The molecule has 0 radical (unpaired) electrons. The summed E-state index contributed by atoms with van der Waals surface area (Å²) >= 11 is 0. The highest BCUT2D eigenvalue weighted by Gasteiger charge is 2.24. The molecule has 7 heteroatoms. The van der Waals surface area contributed by atoms with E-state index in [4.69, 9.17) is 14.5 Å². The van der Waals surface area contributed by atoms with E-state index >= 15 is 0 Å². The van der Waals surface area contributed by atoms with Gasteiger partial charge in [-0.15, -0.1) is 24.0 Å². The van der Waals surface area contributed by atoms with Crippen LogP contribution in [0.1, 0.15) is 44.6 Å². The van der Waals surface area contributed by atoms with Crippen LogP contribution in [0.2, 0.25) is 0 Å². The number of aliphatic imine (C=N–C) groups is 1. The molecular weight excluding hydrogens is 455 g/mol. The first kappa shape index (κ1) is 22.2. The number of nitrogens with zero attached hydrogens (tertiary/aromatic N) is 3. The molecule has 1 unspecified atom stereocenters. The fourth-order valence-corrected chi connectivity index (χ4v) is 3.78. The third-order valence-electron chi connectivity index (χ3n) is 5.12. The molecule has 0 bridgehead atoms. The number of hydrogen-bond donors (Lipinski definition) is 1. The lowest BCUT2D eigenvalue weighted by Crippen LogP contribution is -2.40. The number of guanidine groups is 1. The van der Waals surface area contributed by atoms with Crippen molar-refractivity contribution in [1.82, 2.24) is 15.2 Å². The topological polar surface area (TPSA) is 59.0 Å². The summed E-state index contributed by atoms with van der Waals surface area (Å²) in [4.78, 5) is 11.5. The highest BCUT2D eigenvalue weighted by molar-refractivity contribution is 14.0. The van der Waals surface area contributed by atoms with Crippen molar-refractivity contribution in [3.05, 3.63) is 23.9 Å². The molecule has 3 rings (SSSR count). The number of hydrogen-bond acceptors (Lipinski definition) is 4. The third kappa shape index (κ3) is 6.78. The summed E-state index contributed by atoms with van der Waals surface area (Å²) in [7, 11) is 1.77. The predicted molar refractivity (Wildman–Crippen MR) is 119 cm³/mol. The molecule has 1 N–H and O–H groups in total. The Morgan fingerprint density at radius 3 is 2.89 bits per heavy atom. The second kappa shape index (κ2) is 11.7. The standard InChI is InChI=1S/C20H32N4O2.HI/c1-3-21-20(24-11-9-17(14-24)15-25-2)23-13-16-8-10-22-19(12-16)26-18-6-4-5-7-18;/h8,10,12,17-18H,3-7,9,11,13-15H2,1-2H3,(H,21,23);1H. The van der Waals surface area contributed by atoms with Crippen LogP contribution in [0.25, 0.3) is 0 Å². The Morgan fingerprint density at radius 1 is 1.33 bits per heavy atom. The largest absolute Gasteiger partial charge is 0.474 e. The van der Waals surface area contributed by atoms with Crippen LogP contribution in [0.4, 0.5) is 0 Å². The Kier molecular flexibility index (Phi) is 9.61. The maximum absolute atomic E-state index is 6.01. The van der Waals surface area contributed by atoms with E-state index in [2.05, 4.69) is 22.1 Å². The van der Waals surface area contributed by atoms with Crippen molar-refractivity contribution in [3.8, 4) is 5.88 Å². The minimum atomic E-state index is 0. The first-order chi connectivity index (χ1) is 12.8. The van der Waals surface area contributed by atoms with E-state index in [1.165, 1.54) is 12.8 Å². The molecule has 0 spiro atoms. The molecule has 0 aromatic carbocycles. The highest BCUT2D eigenvalue weighted by Crippen LogP contribution is 2.23. The van der Waals surface area contributed by atoms with Gasteiger partial charge in [-0.05, 0) is 50.7 Å². The van der Waals surface area contributed by atoms with E-state index in [1.54, 1.807) is 7.11 Å². The van der Waals surface area contributed by atoms with E-state index in [9.17, 15) is 0 Å². The fourth-order valence-electron chi connectivity index (χ4n) is 3.78. The molecule has 152 valence electrons. The summed E-state index contributed by atoms with van der Waals surface area (Å²) in [6, 6.07) is 4.05. The number of likely N-dealkylation sites (tertiary alicyclic amines) is 1. The summed E-state index contributed by atoms with van der Waals surface area (Å²) in [5, 5.41) is 3.42. The smallest absolute Gasteiger partial charge is 0.213 e. The van der Waals surface area contributed by atoms with E-state index in [0.29, 0.717) is 18.6 Å². The predicted octanol–water partition coefficient (Wildman–Crippen LogP) is 3.45. The van der Waals surface area contributed by atoms with Crippen LogP contribution >= 0.6 is 24.0 Å². The Balaban J connectivity index is 0.00000261. The molecule has 1 aromatic heterocycles. The van der Waals surface area contributed by atoms with Crippen LogP contribution in [-0.4, -0.2) is 55.3 Å². The zero-order valence-corrected chi connectivity index (χ0v) is 18.9. The Morgan fingerprint density at radius 2 is 2.15 bits per heavy atom. The number of rotatable bonds is 7. The molecule has 1 saturated carbocycles. The van der Waals surface area contributed by atoms with Crippen LogP contribution in [0.5, 0.6) is 5.88 Å². The summed E-state index contributed by atoms with van der Waals surface area (Å²) in [5.74, 6) is 2.31. The summed E-state index contributed by atoms with van der Waals surface area (Å²) in [5.41, 5.74) is 1.14. The third-order valence-corrected chi connectivity index (χ3v) is 5.12. The quantitative estimate of drug-likeness (QED) is 0.362. The van der Waals surface area contributed by atoms with Crippen LogP contribution < -0.4 is 10.1 Å². The maximum Gasteiger partial charge on any atom is 0.213 e. The van der Waals surface area contributed by atoms with Crippen LogP contribution in [0, 0.1) is 5.92 Å². The molecule has 1 aromatic rings. The molecule has 6 nitrogen and oxygen atoms in total. The second-order valence-corrected chi connectivity index (χ2v) is 7.25. The zero-order chi connectivity index (χ0) is 18.2. The summed E-state index contributed by atoms with van der Waals surface area (Å²) in [6.45, 7) is 6.48. The Hall–Kier alpha value is -1.09. The monoisotopic (exact) mass is 488 g/mol. The van der Waals surface area contributed by atoms with Crippen molar-refractivity contribution >= 4 is 29.9 Å². The van der Waals surface area contributed by atoms with Crippen molar-refractivity contribution in [1.29, 1.82) is 0 Å². The first-order valence-corrected chi connectivity index (χ1v) is 9.92. The SMILES string of the molecule is CCNC(=NCc1ccnc(OC2CCCC2)c1)N1CCC(COC)C1.I. The average molecular weight is 488 g/mol. The van der Waals surface area contributed by atoms with Gasteiger partial charge in [0.15, 0.2) is 5.96 Å². The second-order valence-electron chi connectivity index (χ2n) is 7.25. The summed E-state index contributed by atoms with van der Waals surface area (Å²) in [6.07, 6.45) is 8.14. The minimum Gasteiger partial charge on any atom is -0.474 e. The summed E-state index contributed by atoms with van der Waals surface area (Å²) < 4.78 is 11.3. The van der Waals surface area contributed by atoms with Gasteiger partial charge in [0.2, 0.25) is 5.88 Å². The molecular formula is C20H33IN4O2. The van der Waals surface area contributed by atoms with Crippen LogP contribution in [0.15, 0.2) is 23.3 Å². The van der Waals surface area contributed by atoms with Gasteiger partial charge in [-0.3, -0.25) is 0 Å². The molecule has 0 amide bonds. The molecule has 2 aliphatic rings. The van der Waals surface area contributed by atoms with E-state index in [0.717, 1.165) is 62.9 Å². The van der Waals surface area contributed by atoms with Crippen molar-refractivity contribution in [2.75, 3.05) is 33.4 Å². The lowest BCUT2D eigenvalue weighted by molar-refractivity contribution is 0.157. The van der Waals surface area contributed by atoms with E-state index < -0.39 is 0 Å². The fraction of sp³-hybridized carbons (Fsp3) is 0.700. The Bertz CT molecular complexity index is 593. The van der Waals surface area contributed by atoms with Gasteiger partial charge in [-0.1, -0.05) is 0 Å². The average Bonchev–Trinajstić information content (AvgIpc) is 3.31. The van der Waals surface area contributed by atoms with E-state index in [-0.39, 0.29) is 24.0 Å². The number of ether oxygens (including phenoxy) is 2. The van der Waals surface area contributed by atoms with Crippen molar-refractivity contribution in [3.63, 3.8) is 0 Å². The number of nitrogens with one attached hydrogen (secondary N) is 1. The van der Waals surface area contributed by atoms with Crippen molar-refractivity contribution in [2.24, 2.45) is 10.9 Å². The lowest BCUT2D eigenvalue weighted by atomic mass is 10.1. The van der Waals surface area contributed by atoms with Crippen LogP contribution in [0.3, 0.4) is 0 Å². The van der Waals surface area contributed by atoms with E-state index in [1.807, 2.05) is 18.3 Å². The molecule has 1 aliphatic heterocycles. The highest BCUT2D eigenvalue weighted by atomic mass is 127. The number of pyridine rings is 1. The number of halogens is 1. The van der Waals surface area contributed by atoms with Gasteiger partial charge >= 0.3 is 0 Å². The molecule has 27 heavy (non-hydrogen) atoms. The maximum atomic E-state index is 6.01. The first-order valence-electron chi connectivity index (χ1n) is 9.92. The normalized spacial score (nSPS) is 20.6. The molecule has 1 aliphatic carbocycles. The molecule has 1 atom stereocenters. The van der Waals surface area contributed by atoms with Gasteiger partial charge in [-0.2, -0.15) is 0 Å². The lowest BCUT2D eigenvalue weighted by Gasteiger charge is -2.21. The van der Waals surface area contributed by atoms with Gasteiger partial charge in [-0.25, -0.2) is 9.98 Å². The molecule has 1 saturated heterocycles. The molecule has 2 fully saturated rings. The van der Waals surface area contributed by atoms with Crippen LogP contribution in [-0.2, 0) is 11.3 Å². The zero-order valence-electron chi connectivity index (χ0n) is 16.5. The van der Waals surface area contributed by atoms with Gasteiger partial charge in [0, 0.05) is 44.9 Å². The van der Waals surface area contributed by atoms with Crippen molar-refractivity contribution in [2.45, 2.75) is 51.7 Å². The van der Waals surface area contributed by atoms with Gasteiger partial charge in [0.05, 0.1) is 13.2 Å². The van der Waals surface area contributed by atoms with Gasteiger partial charge < -0.3 is 19.7 Å². The van der Waals surface area contributed by atoms with Gasteiger partial charge in [0.25, 0.3) is 0 Å². The van der Waals surface area contributed by atoms with Crippen molar-refractivity contribution < 1.29 is 9.47 Å². The number of aromatic nitrogens is 1. The molecule has 2 heterocycles. The van der Waals surface area contributed by atoms with Gasteiger partial charge in [0.1, 0.15) is 6.10 Å².